The highest BCUT2D eigenvalue weighted by Crippen LogP contribution is 2.29. The monoisotopic (exact) mass is 221 g/mol. The molecule has 1 heteroatoms. The fourth-order valence-corrected chi connectivity index (χ4v) is 2.30. The summed E-state index contributed by atoms with van der Waals surface area (Å²) >= 11 is 0. The first-order valence-electron chi connectivity index (χ1n) is 5.87. The number of aromatic nitrogens is 1. The van der Waals surface area contributed by atoms with Crippen molar-refractivity contribution >= 4 is 10.9 Å². The quantitative estimate of drug-likeness (QED) is 0.581. The van der Waals surface area contributed by atoms with E-state index in [2.05, 4.69) is 73.3 Å². The van der Waals surface area contributed by atoms with Crippen molar-refractivity contribution in [3.05, 3.63) is 60.3 Å². The number of fused-ring (bicyclic) bond motifs is 1. The van der Waals surface area contributed by atoms with E-state index in [1.165, 1.54) is 27.6 Å². The maximum Gasteiger partial charge on any atom is 0.0484 e. The average Bonchev–Trinajstić information content (AvgIpc) is 2.69. The second-order valence-corrected chi connectivity index (χ2v) is 4.54. The van der Waals surface area contributed by atoms with Crippen LogP contribution in [-0.4, -0.2) is 4.57 Å². The van der Waals surface area contributed by atoms with Gasteiger partial charge in [0.25, 0.3) is 0 Å². The predicted octanol–water partition coefficient (Wildman–Crippen LogP) is 4.15. The van der Waals surface area contributed by atoms with Crippen molar-refractivity contribution in [3.63, 3.8) is 0 Å². The topological polar surface area (TPSA) is 4.93 Å². The van der Waals surface area contributed by atoms with Crippen LogP contribution < -0.4 is 0 Å². The van der Waals surface area contributed by atoms with Crippen LogP contribution >= 0.6 is 0 Å². The predicted molar refractivity (Wildman–Crippen MR) is 73.1 cm³/mol. The van der Waals surface area contributed by atoms with Crippen LogP contribution in [0.25, 0.3) is 22.0 Å². The second kappa shape index (κ2) is 3.77. The highest BCUT2D eigenvalue weighted by atomic mass is 14.9. The fraction of sp³-hybridized carbons (Fsp3) is 0.125. The van der Waals surface area contributed by atoms with Crippen LogP contribution in [0.5, 0.6) is 0 Å². The van der Waals surface area contributed by atoms with Gasteiger partial charge >= 0.3 is 0 Å². The highest BCUT2D eigenvalue weighted by Gasteiger charge is 2.07. The van der Waals surface area contributed by atoms with Crippen molar-refractivity contribution in [2.24, 2.45) is 7.05 Å². The zero-order chi connectivity index (χ0) is 11.8. The van der Waals surface area contributed by atoms with Gasteiger partial charge in [0.15, 0.2) is 0 Å². The van der Waals surface area contributed by atoms with Crippen LogP contribution in [0.3, 0.4) is 0 Å². The van der Waals surface area contributed by atoms with Crippen molar-refractivity contribution in [3.8, 4) is 11.1 Å². The van der Waals surface area contributed by atoms with E-state index < -0.39 is 0 Å². The molecule has 0 bridgehead atoms. The molecule has 0 aliphatic carbocycles. The smallest absolute Gasteiger partial charge is 0.0484 e. The highest BCUT2D eigenvalue weighted by molar-refractivity contribution is 5.96. The van der Waals surface area contributed by atoms with E-state index in [1.54, 1.807) is 0 Å². The van der Waals surface area contributed by atoms with Gasteiger partial charge in [0, 0.05) is 29.7 Å². The summed E-state index contributed by atoms with van der Waals surface area (Å²) in [6.07, 6.45) is 2.20. The molecule has 2 aromatic carbocycles. The van der Waals surface area contributed by atoms with E-state index in [0.29, 0.717) is 0 Å². The molecule has 0 atom stereocenters. The lowest BCUT2D eigenvalue weighted by molar-refractivity contribution is 0.970. The minimum absolute atomic E-state index is 1.28. The van der Waals surface area contributed by atoms with E-state index in [0.717, 1.165) is 0 Å². The summed E-state index contributed by atoms with van der Waals surface area (Å²) < 4.78 is 2.19. The molecular weight excluding hydrogens is 206 g/mol. The number of rotatable bonds is 1. The van der Waals surface area contributed by atoms with Gasteiger partial charge in [0.1, 0.15) is 0 Å². The molecule has 3 rings (SSSR count). The number of hydrogen-bond donors (Lipinski definition) is 0. The summed E-state index contributed by atoms with van der Waals surface area (Å²) in [5, 5.41) is 1.32. The SMILES string of the molecule is Cc1ccc(-c2cn(C)c3ccccc23)cc1. The molecule has 1 aromatic heterocycles. The van der Waals surface area contributed by atoms with Crippen LogP contribution in [0, 0.1) is 6.92 Å². The maximum absolute atomic E-state index is 2.20. The van der Waals surface area contributed by atoms with Gasteiger partial charge in [0.2, 0.25) is 0 Å². The van der Waals surface area contributed by atoms with E-state index >= 15 is 0 Å². The number of para-hydroxylation sites is 1. The Morgan fingerprint density at radius 3 is 2.35 bits per heavy atom. The van der Waals surface area contributed by atoms with Crippen LogP contribution in [0.2, 0.25) is 0 Å². The Morgan fingerprint density at radius 2 is 1.59 bits per heavy atom. The Bertz CT molecular complexity index is 660. The van der Waals surface area contributed by atoms with Crippen molar-refractivity contribution < 1.29 is 0 Å². The molecule has 17 heavy (non-hydrogen) atoms. The Morgan fingerprint density at radius 1 is 0.882 bits per heavy atom. The van der Waals surface area contributed by atoms with Crippen LogP contribution in [0.15, 0.2) is 54.7 Å². The van der Waals surface area contributed by atoms with Gasteiger partial charge in [-0.15, -0.1) is 0 Å². The third kappa shape index (κ3) is 1.64. The zero-order valence-electron chi connectivity index (χ0n) is 10.1. The normalized spacial score (nSPS) is 10.9. The maximum atomic E-state index is 2.20. The number of aryl methyl sites for hydroxylation is 2. The summed E-state index contributed by atoms with van der Waals surface area (Å²) in [4.78, 5) is 0. The van der Waals surface area contributed by atoms with E-state index in [-0.39, 0.29) is 0 Å². The summed E-state index contributed by atoms with van der Waals surface area (Å²) in [6.45, 7) is 2.12. The first-order valence-corrected chi connectivity index (χ1v) is 5.87. The molecule has 0 aliphatic rings. The summed E-state index contributed by atoms with van der Waals surface area (Å²) in [5.41, 5.74) is 5.17. The molecule has 0 N–H and O–H groups in total. The lowest BCUT2D eigenvalue weighted by Crippen LogP contribution is -1.81. The molecule has 0 amide bonds. The van der Waals surface area contributed by atoms with Crippen molar-refractivity contribution in [1.82, 2.24) is 4.57 Å². The zero-order valence-corrected chi connectivity index (χ0v) is 10.1. The molecule has 0 saturated carbocycles. The Balaban J connectivity index is 2.27. The van der Waals surface area contributed by atoms with Crippen molar-refractivity contribution in [2.45, 2.75) is 6.92 Å². The van der Waals surface area contributed by atoms with Gasteiger partial charge in [-0.2, -0.15) is 0 Å². The number of benzene rings is 2. The molecular formula is C16H15N. The molecule has 0 aliphatic heterocycles. The summed E-state index contributed by atoms with van der Waals surface area (Å²) in [7, 11) is 2.10. The van der Waals surface area contributed by atoms with Crippen molar-refractivity contribution in [1.29, 1.82) is 0 Å². The summed E-state index contributed by atoms with van der Waals surface area (Å²) in [5.74, 6) is 0. The van der Waals surface area contributed by atoms with Gasteiger partial charge < -0.3 is 4.57 Å². The lowest BCUT2D eigenvalue weighted by Gasteiger charge is -2.00. The molecule has 1 heterocycles. The van der Waals surface area contributed by atoms with Crippen LogP contribution in [-0.2, 0) is 7.05 Å². The lowest BCUT2D eigenvalue weighted by atomic mass is 10.0. The largest absolute Gasteiger partial charge is 0.350 e. The Labute approximate surface area is 101 Å². The number of nitrogens with zero attached hydrogens (tertiary/aromatic N) is 1. The standard InChI is InChI=1S/C16H15N/c1-12-7-9-13(10-8-12)15-11-17(2)16-6-4-3-5-14(15)16/h3-11H,1-2H3. The minimum Gasteiger partial charge on any atom is -0.350 e. The first-order chi connectivity index (χ1) is 8.25. The van der Waals surface area contributed by atoms with E-state index in [4.69, 9.17) is 0 Å². The Hall–Kier alpha value is -2.02. The van der Waals surface area contributed by atoms with Gasteiger partial charge in [-0.25, -0.2) is 0 Å². The fourth-order valence-electron chi connectivity index (χ4n) is 2.30. The number of hydrogen-bond acceptors (Lipinski definition) is 0. The minimum atomic E-state index is 1.28. The molecule has 0 fully saturated rings. The van der Waals surface area contributed by atoms with Crippen LogP contribution in [0.4, 0.5) is 0 Å². The molecule has 0 radical (unpaired) electrons. The molecule has 0 unspecified atom stereocenters. The third-order valence-electron chi connectivity index (χ3n) is 3.26. The molecule has 0 saturated heterocycles. The average molecular weight is 221 g/mol. The van der Waals surface area contributed by atoms with E-state index in [9.17, 15) is 0 Å². The van der Waals surface area contributed by atoms with Gasteiger partial charge in [-0.3, -0.25) is 0 Å². The van der Waals surface area contributed by atoms with Crippen LogP contribution in [0.1, 0.15) is 5.56 Å². The molecule has 84 valence electrons. The molecule has 1 nitrogen and oxygen atoms in total. The molecule has 3 aromatic rings. The first kappa shape index (κ1) is 10.2. The molecule has 0 spiro atoms. The third-order valence-corrected chi connectivity index (χ3v) is 3.26. The Kier molecular flexibility index (Phi) is 2.25. The van der Waals surface area contributed by atoms with Gasteiger partial charge in [0.05, 0.1) is 0 Å². The van der Waals surface area contributed by atoms with Gasteiger partial charge in [-0.1, -0.05) is 48.0 Å². The summed E-state index contributed by atoms with van der Waals surface area (Å²) in [6, 6.07) is 17.2. The van der Waals surface area contributed by atoms with Crippen molar-refractivity contribution in [2.75, 3.05) is 0 Å². The second-order valence-electron chi connectivity index (χ2n) is 4.54. The van der Waals surface area contributed by atoms with E-state index in [1.807, 2.05) is 0 Å². The van der Waals surface area contributed by atoms with Gasteiger partial charge in [-0.05, 0) is 18.6 Å².